The fraction of sp³-hybridized carbons (Fsp3) is 0.733. The average Bonchev–Trinajstić information content (AvgIpc) is 2.94. The van der Waals surface area contributed by atoms with Crippen LogP contribution in [0.4, 0.5) is 0 Å². The van der Waals surface area contributed by atoms with E-state index in [0.29, 0.717) is 6.10 Å². The molecule has 18 heavy (non-hydrogen) atoms. The van der Waals surface area contributed by atoms with E-state index in [1.54, 1.807) is 0 Å². The first-order valence-electron chi connectivity index (χ1n) is 7.05. The van der Waals surface area contributed by atoms with E-state index in [0.717, 1.165) is 26.1 Å². The van der Waals surface area contributed by atoms with Crippen molar-refractivity contribution in [2.75, 3.05) is 6.61 Å². The van der Waals surface area contributed by atoms with Crippen LogP contribution < -0.4 is 5.32 Å². The lowest BCUT2D eigenvalue weighted by Gasteiger charge is -2.21. The molecule has 102 valence electrons. The Bertz CT molecular complexity index is 359. The van der Waals surface area contributed by atoms with Gasteiger partial charge in [0.25, 0.3) is 0 Å². The highest BCUT2D eigenvalue weighted by atomic mass is 16.5. The van der Waals surface area contributed by atoms with Crippen LogP contribution in [0.25, 0.3) is 0 Å². The summed E-state index contributed by atoms with van der Waals surface area (Å²) in [5, 5.41) is 3.54. The molecule has 1 atom stereocenters. The third-order valence-electron chi connectivity index (χ3n) is 3.44. The van der Waals surface area contributed by atoms with Crippen LogP contribution in [0, 0.1) is 0 Å². The number of hydrogen-bond acceptors (Lipinski definition) is 2. The first kappa shape index (κ1) is 13.6. The average molecular weight is 250 g/mol. The Morgan fingerprint density at radius 2 is 2.28 bits per heavy atom. The summed E-state index contributed by atoms with van der Waals surface area (Å²) in [6, 6.07) is 4.34. The van der Waals surface area contributed by atoms with Crippen LogP contribution in [0.1, 0.15) is 45.7 Å². The summed E-state index contributed by atoms with van der Waals surface area (Å²) in [6.45, 7) is 9.56. The van der Waals surface area contributed by atoms with Crippen LogP contribution in [-0.2, 0) is 17.8 Å². The molecule has 2 heterocycles. The molecule has 1 aromatic rings. The Kier molecular flexibility index (Phi) is 4.46. The van der Waals surface area contributed by atoms with Crippen LogP contribution in [0.5, 0.6) is 0 Å². The largest absolute Gasteiger partial charge is 0.378 e. The second-order valence-corrected chi connectivity index (χ2v) is 6.22. The minimum Gasteiger partial charge on any atom is -0.378 e. The molecular weight excluding hydrogens is 224 g/mol. The molecule has 0 saturated carbocycles. The van der Waals surface area contributed by atoms with Gasteiger partial charge >= 0.3 is 0 Å². The van der Waals surface area contributed by atoms with Gasteiger partial charge < -0.3 is 14.6 Å². The van der Waals surface area contributed by atoms with Crippen molar-refractivity contribution in [3.8, 4) is 0 Å². The number of hydrogen-bond donors (Lipinski definition) is 1. The smallest absolute Gasteiger partial charge is 0.0593 e. The third-order valence-corrected chi connectivity index (χ3v) is 3.44. The van der Waals surface area contributed by atoms with Crippen molar-refractivity contribution in [1.29, 1.82) is 0 Å². The van der Waals surface area contributed by atoms with Crippen LogP contribution in [0.15, 0.2) is 18.3 Å². The van der Waals surface area contributed by atoms with Gasteiger partial charge in [-0.15, -0.1) is 0 Å². The Morgan fingerprint density at radius 3 is 2.94 bits per heavy atom. The van der Waals surface area contributed by atoms with Crippen molar-refractivity contribution < 1.29 is 4.74 Å². The van der Waals surface area contributed by atoms with Gasteiger partial charge in [-0.3, -0.25) is 0 Å². The maximum atomic E-state index is 5.68. The molecule has 3 nitrogen and oxygen atoms in total. The molecule has 1 saturated heterocycles. The van der Waals surface area contributed by atoms with Crippen molar-refractivity contribution in [2.24, 2.45) is 0 Å². The van der Waals surface area contributed by atoms with E-state index in [9.17, 15) is 0 Å². The van der Waals surface area contributed by atoms with E-state index in [1.807, 2.05) is 0 Å². The molecule has 0 aromatic carbocycles. The number of aryl methyl sites for hydroxylation is 1. The number of nitrogens with one attached hydrogen (secondary N) is 1. The summed E-state index contributed by atoms with van der Waals surface area (Å²) in [4.78, 5) is 0. The lowest BCUT2D eigenvalue weighted by molar-refractivity contribution is 0.100. The standard InChI is InChI=1S/C15H26N2O/c1-15(2,3)16-12-13-6-4-9-17(13)10-8-14-7-5-11-18-14/h4,6,9,14,16H,5,7-8,10-12H2,1-3H3. The van der Waals surface area contributed by atoms with Crippen molar-refractivity contribution in [3.63, 3.8) is 0 Å². The summed E-state index contributed by atoms with van der Waals surface area (Å²) in [5.74, 6) is 0. The molecule has 1 unspecified atom stereocenters. The maximum Gasteiger partial charge on any atom is 0.0593 e. The summed E-state index contributed by atoms with van der Waals surface area (Å²) >= 11 is 0. The molecule has 0 spiro atoms. The molecule has 1 fully saturated rings. The van der Waals surface area contributed by atoms with Gasteiger partial charge in [-0.1, -0.05) is 0 Å². The Labute approximate surface area is 111 Å². The second-order valence-electron chi connectivity index (χ2n) is 6.22. The fourth-order valence-electron chi connectivity index (χ4n) is 2.34. The summed E-state index contributed by atoms with van der Waals surface area (Å²) in [5.41, 5.74) is 1.53. The lowest BCUT2D eigenvalue weighted by Crippen LogP contribution is -2.35. The number of nitrogens with zero attached hydrogens (tertiary/aromatic N) is 1. The van der Waals surface area contributed by atoms with E-state index in [1.165, 1.54) is 18.5 Å². The maximum absolute atomic E-state index is 5.68. The van der Waals surface area contributed by atoms with E-state index < -0.39 is 0 Å². The monoisotopic (exact) mass is 250 g/mol. The molecule has 1 aliphatic rings. The van der Waals surface area contributed by atoms with Gasteiger partial charge in [-0.2, -0.15) is 0 Å². The normalized spacial score (nSPS) is 20.5. The molecule has 0 amide bonds. The van der Waals surface area contributed by atoms with Crippen molar-refractivity contribution in [2.45, 2.75) is 64.8 Å². The van der Waals surface area contributed by atoms with Crippen LogP contribution in [0.2, 0.25) is 0 Å². The minimum atomic E-state index is 0.170. The predicted octanol–water partition coefficient (Wildman–Crippen LogP) is 2.95. The summed E-state index contributed by atoms with van der Waals surface area (Å²) in [7, 11) is 0. The predicted molar refractivity (Wildman–Crippen MR) is 74.6 cm³/mol. The number of rotatable bonds is 5. The molecule has 1 N–H and O–H groups in total. The Morgan fingerprint density at radius 1 is 1.44 bits per heavy atom. The molecule has 0 bridgehead atoms. The molecular formula is C15H26N2O. The molecule has 0 radical (unpaired) electrons. The second kappa shape index (κ2) is 5.89. The zero-order chi connectivity index (χ0) is 13.0. The minimum absolute atomic E-state index is 0.170. The summed E-state index contributed by atoms with van der Waals surface area (Å²) < 4.78 is 8.02. The van der Waals surface area contributed by atoms with E-state index >= 15 is 0 Å². The third kappa shape index (κ3) is 4.14. The highest BCUT2D eigenvalue weighted by Gasteiger charge is 2.16. The van der Waals surface area contributed by atoms with Gasteiger partial charge in [-0.05, 0) is 52.2 Å². The van der Waals surface area contributed by atoms with Gasteiger partial charge in [0, 0.05) is 37.1 Å². The first-order valence-corrected chi connectivity index (χ1v) is 7.05. The molecule has 0 aliphatic carbocycles. The van der Waals surface area contributed by atoms with Crippen molar-refractivity contribution in [3.05, 3.63) is 24.0 Å². The quantitative estimate of drug-likeness (QED) is 0.869. The van der Waals surface area contributed by atoms with Gasteiger partial charge in [0.1, 0.15) is 0 Å². The zero-order valence-corrected chi connectivity index (χ0v) is 11.9. The number of aromatic nitrogens is 1. The van der Waals surface area contributed by atoms with E-state index in [4.69, 9.17) is 4.74 Å². The number of ether oxygens (including phenoxy) is 1. The van der Waals surface area contributed by atoms with Crippen LogP contribution in [-0.4, -0.2) is 22.8 Å². The molecule has 1 aromatic heterocycles. The molecule has 2 rings (SSSR count). The summed E-state index contributed by atoms with van der Waals surface area (Å²) in [6.07, 6.45) is 6.26. The van der Waals surface area contributed by atoms with Gasteiger partial charge in [0.15, 0.2) is 0 Å². The fourth-order valence-corrected chi connectivity index (χ4v) is 2.34. The lowest BCUT2D eigenvalue weighted by atomic mass is 10.1. The van der Waals surface area contributed by atoms with Gasteiger partial charge in [-0.25, -0.2) is 0 Å². The molecule has 1 aliphatic heterocycles. The topological polar surface area (TPSA) is 26.2 Å². The van der Waals surface area contributed by atoms with Crippen LogP contribution in [0.3, 0.4) is 0 Å². The van der Waals surface area contributed by atoms with Crippen LogP contribution >= 0.6 is 0 Å². The van der Waals surface area contributed by atoms with Gasteiger partial charge in [0.05, 0.1) is 6.10 Å². The molecule has 3 heteroatoms. The SMILES string of the molecule is CC(C)(C)NCc1cccn1CCC1CCCO1. The van der Waals surface area contributed by atoms with E-state index in [-0.39, 0.29) is 5.54 Å². The van der Waals surface area contributed by atoms with Gasteiger partial charge in [0.2, 0.25) is 0 Å². The Hall–Kier alpha value is -0.800. The highest BCUT2D eigenvalue weighted by Crippen LogP contribution is 2.17. The highest BCUT2D eigenvalue weighted by molar-refractivity contribution is 5.07. The van der Waals surface area contributed by atoms with E-state index in [2.05, 4.69) is 49.0 Å². The Balaban J connectivity index is 1.83. The van der Waals surface area contributed by atoms with Crippen molar-refractivity contribution in [1.82, 2.24) is 9.88 Å². The van der Waals surface area contributed by atoms with Crippen molar-refractivity contribution >= 4 is 0 Å². The zero-order valence-electron chi connectivity index (χ0n) is 11.9. The first-order chi connectivity index (χ1) is 8.54.